The zero-order valence-corrected chi connectivity index (χ0v) is 10.1. The average Bonchev–Trinajstić information content (AvgIpc) is 2.23. The van der Waals surface area contributed by atoms with Crippen molar-refractivity contribution in [2.75, 3.05) is 17.7 Å². The molecule has 1 rings (SSSR count). The molecule has 0 spiro atoms. The molecule has 0 aromatic carbocycles. The van der Waals surface area contributed by atoms with Crippen LogP contribution in [-0.4, -0.2) is 17.4 Å². The highest BCUT2D eigenvalue weighted by Crippen LogP contribution is 2.08. The van der Waals surface area contributed by atoms with E-state index < -0.39 is 0 Å². The topological polar surface area (TPSA) is 24.9 Å². The van der Waals surface area contributed by atoms with Crippen LogP contribution >= 0.6 is 11.6 Å². The van der Waals surface area contributed by atoms with Crippen molar-refractivity contribution >= 4 is 17.3 Å². The molecule has 0 saturated carbocycles. The third kappa shape index (κ3) is 5.63. The van der Waals surface area contributed by atoms with E-state index in [1.165, 1.54) is 24.9 Å². The van der Waals surface area contributed by atoms with Crippen LogP contribution in [0.5, 0.6) is 0 Å². The Morgan fingerprint density at radius 3 is 2.80 bits per heavy atom. The average molecular weight is 227 g/mol. The van der Waals surface area contributed by atoms with Gasteiger partial charge in [0.05, 0.1) is 0 Å². The van der Waals surface area contributed by atoms with Gasteiger partial charge in [0, 0.05) is 30.0 Å². The number of nitrogens with one attached hydrogen (secondary N) is 1. The molecule has 1 aromatic rings. The van der Waals surface area contributed by atoms with Gasteiger partial charge in [-0.2, -0.15) is 0 Å². The maximum absolute atomic E-state index is 5.61. The summed E-state index contributed by atoms with van der Waals surface area (Å²) in [5.41, 5.74) is 2.22. The van der Waals surface area contributed by atoms with E-state index in [1.54, 1.807) is 0 Å². The number of nitrogens with zero attached hydrogens (tertiary/aromatic N) is 1. The molecule has 0 unspecified atom stereocenters. The van der Waals surface area contributed by atoms with E-state index in [1.807, 2.05) is 19.2 Å². The van der Waals surface area contributed by atoms with Crippen molar-refractivity contribution in [2.24, 2.45) is 0 Å². The predicted molar refractivity (Wildman–Crippen MR) is 66.7 cm³/mol. The molecule has 0 saturated heterocycles. The number of anilines is 1. The third-order valence-corrected chi connectivity index (χ3v) is 2.55. The summed E-state index contributed by atoms with van der Waals surface area (Å²) >= 11 is 5.61. The number of pyridine rings is 1. The van der Waals surface area contributed by atoms with Gasteiger partial charge in [-0.15, -0.1) is 11.6 Å². The summed E-state index contributed by atoms with van der Waals surface area (Å²) in [7, 11) is 0. The Bertz CT molecular complexity index is 276. The van der Waals surface area contributed by atoms with Crippen LogP contribution in [0.15, 0.2) is 18.3 Å². The molecule has 1 heterocycles. The van der Waals surface area contributed by atoms with Gasteiger partial charge in [-0.25, -0.2) is 0 Å². The van der Waals surface area contributed by atoms with Crippen LogP contribution in [0, 0.1) is 6.92 Å². The number of rotatable bonds is 7. The largest absolute Gasteiger partial charge is 0.385 e. The van der Waals surface area contributed by atoms with E-state index >= 15 is 0 Å². The molecule has 0 bridgehead atoms. The summed E-state index contributed by atoms with van der Waals surface area (Å²) in [6.45, 7) is 3.04. The molecule has 0 amide bonds. The van der Waals surface area contributed by atoms with Gasteiger partial charge >= 0.3 is 0 Å². The van der Waals surface area contributed by atoms with Crippen molar-refractivity contribution in [3.8, 4) is 0 Å². The van der Waals surface area contributed by atoms with Gasteiger partial charge in [-0.1, -0.05) is 12.8 Å². The number of aromatic nitrogens is 1. The van der Waals surface area contributed by atoms with E-state index in [0.29, 0.717) is 0 Å². The summed E-state index contributed by atoms with van der Waals surface area (Å²) in [6.07, 6.45) is 6.67. The first-order chi connectivity index (χ1) is 7.33. The lowest BCUT2D eigenvalue weighted by Crippen LogP contribution is -2.01. The summed E-state index contributed by atoms with van der Waals surface area (Å²) in [5, 5.41) is 3.39. The molecule has 0 aliphatic carbocycles. The highest BCUT2D eigenvalue weighted by atomic mass is 35.5. The molecular formula is C12H19ClN2. The molecule has 0 atom stereocenters. The van der Waals surface area contributed by atoms with Crippen LogP contribution in [-0.2, 0) is 0 Å². The smallest absolute Gasteiger partial charge is 0.0393 e. The number of aryl methyl sites for hydroxylation is 1. The Labute approximate surface area is 97.1 Å². The van der Waals surface area contributed by atoms with Crippen LogP contribution in [0.2, 0.25) is 0 Å². The molecule has 0 fully saturated rings. The first-order valence-corrected chi connectivity index (χ1v) is 6.09. The van der Waals surface area contributed by atoms with Crippen LogP contribution in [0.25, 0.3) is 0 Å². The van der Waals surface area contributed by atoms with Crippen molar-refractivity contribution in [3.05, 3.63) is 24.0 Å². The third-order valence-electron chi connectivity index (χ3n) is 2.29. The normalized spacial score (nSPS) is 10.3. The van der Waals surface area contributed by atoms with Gasteiger partial charge in [-0.05, 0) is 31.9 Å². The summed E-state index contributed by atoms with van der Waals surface area (Å²) < 4.78 is 0. The maximum Gasteiger partial charge on any atom is 0.0393 e. The van der Waals surface area contributed by atoms with Gasteiger partial charge in [0.15, 0.2) is 0 Å². The highest BCUT2D eigenvalue weighted by molar-refractivity contribution is 6.17. The molecule has 2 nitrogen and oxygen atoms in total. The SMILES string of the molecule is Cc1cc(NCCCCCCCl)ccn1. The minimum Gasteiger partial charge on any atom is -0.385 e. The Morgan fingerprint density at radius 2 is 2.07 bits per heavy atom. The van der Waals surface area contributed by atoms with Gasteiger partial charge < -0.3 is 5.32 Å². The molecule has 1 N–H and O–H groups in total. The molecule has 15 heavy (non-hydrogen) atoms. The Kier molecular flexibility index (Phi) is 6.17. The quantitative estimate of drug-likeness (QED) is 0.568. The minimum absolute atomic E-state index is 0.789. The first kappa shape index (κ1) is 12.3. The predicted octanol–water partition coefficient (Wildman–Crippen LogP) is 3.60. The van der Waals surface area contributed by atoms with Crippen LogP contribution < -0.4 is 5.32 Å². The lowest BCUT2D eigenvalue weighted by atomic mass is 10.2. The highest BCUT2D eigenvalue weighted by Gasteiger charge is 1.93. The van der Waals surface area contributed by atoms with Gasteiger partial charge in [0.25, 0.3) is 0 Å². The number of hydrogen-bond acceptors (Lipinski definition) is 2. The molecule has 84 valence electrons. The van der Waals surface area contributed by atoms with Crippen molar-refractivity contribution in [1.29, 1.82) is 0 Å². The van der Waals surface area contributed by atoms with E-state index in [-0.39, 0.29) is 0 Å². The lowest BCUT2D eigenvalue weighted by molar-refractivity contribution is 0.687. The van der Waals surface area contributed by atoms with E-state index in [4.69, 9.17) is 11.6 Å². The number of halogens is 1. The number of hydrogen-bond donors (Lipinski definition) is 1. The van der Waals surface area contributed by atoms with Crippen molar-refractivity contribution in [1.82, 2.24) is 4.98 Å². The zero-order chi connectivity index (χ0) is 10.9. The van der Waals surface area contributed by atoms with Gasteiger partial charge in [0.1, 0.15) is 0 Å². The first-order valence-electron chi connectivity index (χ1n) is 5.55. The summed E-state index contributed by atoms with van der Waals surface area (Å²) in [4.78, 5) is 4.15. The van der Waals surface area contributed by atoms with E-state index in [9.17, 15) is 0 Å². The van der Waals surface area contributed by atoms with Crippen LogP contribution in [0.3, 0.4) is 0 Å². The van der Waals surface area contributed by atoms with Crippen molar-refractivity contribution < 1.29 is 0 Å². The van der Waals surface area contributed by atoms with Gasteiger partial charge in [0.2, 0.25) is 0 Å². The Balaban J connectivity index is 2.10. The molecule has 0 radical (unpaired) electrons. The fourth-order valence-corrected chi connectivity index (χ4v) is 1.65. The fraction of sp³-hybridized carbons (Fsp3) is 0.583. The van der Waals surface area contributed by atoms with Crippen LogP contribution in [0.4, 0.5) is 5.69 Å². The zero-order valence-electron chi connectivity index (χ0n) is 9.30. The fourth-order valence-electron chi connectivity index (χ4n) is 1.46. The molecule has 0 aliphatic heterocycles. The van der Waals surface area contributed by atoms with Crippen molar-refractivity contribution in [3.63, 3.8) is 0 Å². The molecule has 3 heteroatoms. The van der Waals surface area contributed by atoms with Gasteiger partial charge in [-0.3, -0.25) is 4.98 Å². The van der Waals surface area contributed by atoms with E-state index in [0.717, 1.165) is 24.5 Å². The number of unbranched alkanes of at least 4 members (excludes halogenated alkanes) is 3. The second-order valence-electron chi connectivity index (χ2n) is 3.72. The Morgan fingerprint density at radius 1 is 1.27 bits per heavy atom. The Hall–Kier alpha value is -0.760. The summed E-state index contributed by atoms with van der Waals surface area (Å²) in [6, 6.07) is 4.07. The van der Waals surface area contributed by atoms with Crippen LogP contribution in [0.1, 0.15) is 31.4 Å². The standard InChI is InChI=1S/C12H19ClN2/c1-11-10-12(6-9-14-11)15-8-5-3-2-4-7-13/h6,9-10H,2-5,7-8H2,1H3,(H,14,15). The molecule has 0 aliphatic rings. The summed E-state index contributed by atoms with van der Waals surface area (Å²) in [5.74, 6) is 0.789. The second-order valence-corrected chi connectivity index (χ2v) is 4.09. The van der Waals surface area contributed by atoms with E-state index in [2.05, 4.69) is 16.4 Å². The minimum atomic E-state index is 0.789. The molecule has 1 aromatic heterocycles. The molecular weight excluding hydrogens is 208 g/mol. The maximum atomic E-state index is 5.61. The lowest BCUT2D eigenvalue weighted by Gasteiger charge is -2.06. The number of alkyl halides is 1. The van der Waals surface area contributed by atoms with Crippen molar-refractivity contribution in [2.45, 2.75) is 32.6 Å². The monoisotopic (exact) mass is 226 g/mol. The second kappa shape index (κ2) is 7.52.